The Morgan fingerprint density at radius 2 is 2.22 bits per heavy atom. The van der Waals surface area contributed by atoms with Crippen molar-refractivity contribution in [3.63, 3.8) is 0 Å². The molecule has 100 valence electrons. The van der Waals surface area contributed by atoms with Gasteiger partial charge in [0.25, 0.3) is 5.69 Å². The minimum absolute atomic E-state index is 0.0816. The van der Waals surface area contributed by atoms with Crippen LogP contribution in [0.1, 0.15) is 13.3 Å². The van der Waals surface area contributed by atoms with Crippen molar-refractivity contribution in [1.82, 2.24) is 4.98 Å². The average molecular weight is 358 g/mol. The molecule has 0 bridgehead atoms. The van der Waals surface area contributed by atoms with Gasteiger partial charge in [-0.1, -0.05) is 0 Å². The number of hydrogen-bond donors (Lipinski definition) is 0. The lowest BCUT2D eigenvalue weighted by Crippen LogP contribution is -2.20. The molecular formula is C9H10BrClN2O4S. The molecule has 0 aliphatic carbocycles. The van der Waals surface area contributed by atoms with Crippen molar-refractivity contribution in [3.05, 3.63) is 26.9 Å². The number of halogens is 2. The lowest BCUT2D eigenvalue weighted by Gasteiger charge is -2.11. The van der Waals surface area contributed by atoms with E-state index in [1.165, 1.54) is 6.92 Å². The van der Waals surface area contributed by atoms with Crippen LogP contribution in [0.4, 0.5) is 5.69 Å². The molecule has 0 aliphatic heterocycles. The first-order valence-corrected chi connectivity index (χ1v) is 7.78. The molecule has 18 heavy (non-hydrogen) atoms. The molecular weight excluding hydrogens is 348 g/mol. The Labute approximate surface area is 118 Å². The summed E-state index contributed by atoms with van der Waals surface area (Å²) in [5.41, 5.74) is -0.272. The second-order valence-corrected chi connectivity index (χ2v) is 7.08. The fourth-order valence-electron chi connectivity index (χ4n) is 1.22. The molecule has 1 aromatic rings. The van der Waals surface area contributed by atoms with E-state index in [1.807, 2.05) is 0 Å². The summed E-state index contributed by atoms with van der Waals surface area (Å²) in [5, 5.41) is 9.63. The first-order chi connectivity index (χ1) is 8.30. The minimum atomic E-state index is -3.64. The van der Waals surface area contributed by atoms with Crippen LogP contribution in [0.15, 0.2) is 21.8 Å². The maximum absolute atomic E-state index is 12.1. The number of aromatic nitrogens is 1. The van der Waals surface area contributed by atoms with E-state index in [-0.39, 0.29) is 27.5 Å². The molecule has 1 rings (SSSR count). The third-order valence-electron chi connectivity index (χ3n) is 2.32. The molecule has 0 N–H and O–H groups in total. The standard InChI is InChI=1S/C9H10BrClN2O4S/c1-6(2-3-11)18(16,17)9-8(10)4-7(5-12-9)13(14)15/h4-6H,2-3H2,1H3. The van der Waals surface area contributed by atoms with E-state index >= 15 is 0 Å². The van der Waals surface area contributed by atoms with Gasteiger partial charge in [-0.05, 0) is 29.3 Å². The zero-order chi connectivity index (χ0) is 13.9. The number of nitro groups is 1. The molecule has 0 saturated heterocycles. The Hall–Kier alpha value is -0.730. The van der Waals surface area contributed by atoms with E-state index in [4.69, 9.17) is 11.6 Å². The molecule has 0 spiro atoms. The predicted octanol–water partition coefficient (Wildman–Crippen LogP) is 2.54. The van der Waals surface area contributed by atoms with Gasteiger partial charge in [0.2, 0.25) is 0 Å². The highest BCUT2D eigenvalue weighted by Gasteiger charge is 2.27. The number of rotatable bonds is 5. The van der Waals surface area contributed by atoms with Gasteiger partial charge >= 0.3 is 0 Å². The highest BCUT2D eigenvalue weighted by atomic mass is 79.9. The first kappa shape index (κ1) is 15.3. The maximum Gasteiger partial charge on any atom is 0.288 e. The summed E-state index contributed by atoms with van der Waals surface area (Å²) >= 11 is 8.50. The quantitative estimate of drug-likeness (QED) is 0.459. The van der Waals surface area contributed by atoms with Crippen molar-refractivity contribution in [2.75, 3.05) is 5.88 Å². The van der Waals surface area contributed by atoms with Gasteiger partial charge < -0.3 is 0 Å². The lowest BCUT2D eigenvalue weighted by atomic mass is 10.4. The fraction of sp³-hybridized carbons (Fsp3) is 0.444. The first-order valence-electron chi connectivity index (χ1n) is 4.90. The predicted molar refractivity (Wildman–Crippen MR) is 70.6 cm³/mol. The second-order valence-electron chi connectivity index (χ2n) is 3.57. The number of nitrogens with zero attached hydrogens (tertiary/aromatic N) is 2. The van der Waals surface area contributed by atoms with Crippen molar-refractivity contribution in [3.8, 4) is 0 Å². The van der Waals surface area contributed by atoms with E-state index in [0.29, 0.717) is 0 Å². The molecule has 0 aromatic carbocycles. The lowest BCUT2D eigenvalue weighted by molar-refractivity contribution is -0.385. The Morgan fingerprint density at radius 3 is 2.67 bits per heavy atom. The molecule has 1 aromatic heterocycles. The van der Waals surface area contributed by atoms with Gasteiger partial charge in [-0.2, -0.15) is 0 Å². The molecule has 0 saturated carbocycles. The van der Waals surface area contributed by atoms with Gasteiger partial charge in [0, 0.05) is 11.9 Å². The highest BCUT2D eigenvalue weighted by Crippen LogP contribution is 2.27. The van der Waals surface area contributed by atoms with Crippen LogP contribution in [0.3, 0.4) is 0 Å². The molecule has 0 radical (unpaired) electrons. The average Bonchev–Trinajstić information content (AvgIpc) is 2.28. The van der Waals surface area contributed by atoms with Gasteiger partial charge in [0.05, 0.1) is 14.6 Å². The number of hydrogen-bond acceptors (Lipinski definition) is 5. The monoisotopic (exact) mass is 356 g/mol. The van der Waals surface area contributed by atoms with E-state index in [1.54, 1.807) is 0 Å². The molecule has 9 heteroatoms. The van der Waals surface area contributed by atoms with Crippen LogP contribution in [-0.2, 0) is 9.84 Å². The summed E-state index contributed by atoms with van der Waals surface area (Å²) in [6.07, 6.45) is 1.21. The van der Waals surface area contributed by atoms with Crippen molar-refractivity contribution in [2.24, 2.45) is 0 Å². The Kier molecular flexibility index (Phi) is 5.06. The third kappa shape index (κ3) is 3.18. The minimum Gasteiger partial charge on any atom is -0.258 e. The van der Waals surface area contributed by atoms with Gasteiger partial charge in [-0.25, -0.2) is 13.4 Å². The van der Waals surface area contributed by atoms with Crippen molar-refractivity contribution >= 4 is 43.1 Å². The Balaban J connectivity index is 3.22. The van der Waals surface area contributed by atoms with E-state index in [2.05, 4.69) is 20.9 Å². The van der Waals surface area contributed by atoms with Crippen LogP contribution in [0, 0.1) is 10.1 Å². The summed E-state index contributed by atoms with van der Waals surface area (Å²) < 4.78 is 24.3. The molecule has 0 aliphatic rings. The third-order valence-corrected chi connectivity index (χ3v) is 5.56. The maximum atomic E-state index is 12.1. The second kappa shape index (κ2) is 5.94. The fourth-order valence-corrected chi connectivity index (χ4v) is 4.03. The Morgan fingerprint density at radius 1 is 1.61 bits per heavy atom. The number of sulfone groups is 1. The number of pyridine rings is 1. The van der Waals surface area contributed by atoms with Crippen LogP contribution < -0.4 is 0 Å². The van der Waals surface area contributed by atoms with Gasteiger partial charge in [-0.15, -0.1) is 11.6 Å². The summed E-state index contributed by atoms with van der Waals surface area (Å²) in [7, 11) is -3.64. The Bertz CT molecular complexity index is 564. The van der Waals surface area contributed by atoms with E-state index < -0.39 is 20.0 Å². The van der Waals surface area contributed by atoms with Crippen LogP contribution in [0.25, 0.3) is 0 Å². The summed E-state index contributed by atoms with van der Waals surface area (Å²) in [5.74, 6) is 0.213. The smallest absolute Gasteiger partial charge is 0.258 e. The normalized spacial score (nSPS) is 13.3. The molecule has 1 unspecified atom stereocenters. The highest BCUT2D eigenvalue weighted by molar-refractivity contribution is 9.10. The van der Waals surface area contributed by atoms with Crippen molar-refractivity contribution in [2.45, 2.75) is 23.6 Å². The molecule has 0 amide bonds. The van der Waals surface area contributed by atoms with Crippen LogP contribution >= 0.6 is 27.5 Å². The molecule has 1 heterocycles. The zero-order valence-electron chi connectivity index (χ0n) is 9.34. The topological polar surface area (TPSA) is 90.2 Å². The zero-order valence-corrected chi connectivity index (χ0v) is 12.5. The summed E-state index contributed by atoms with van der Waals surface area (Å²) in [6, 6.07) is 1.12. The van der Waals surface area contributed by atoms with Crippen molar-refractivity contribution < 1.29 is 13.3 Å². The van der Waals surface area contributed by atoms with Gasteiger partial charge in [0.15, 0.2) is 14.9 Å². The van der Waals surface area contributed by atoms with Crippen molar-refractivity contribution in [1.29, 1.82) is 0 Å². The van der Waals surface area contributed by atoms with E-state index in [0.717, 1.165) is 12.3 Å². The summed E-state index contributed by atoms with van der Waals surface area (Å²) in [4.78, 5) is 13.5. The molecule has 6 nitrogen and oxygen atoms in total. The van der Waals surface area contributed by atoms with E-state index in [9.17, 15) is 18.5 Å². The van der Waals surface area contributed by atoms with Crippen LogP contribution in [0.5, 0.6) is 0 Å². The van der Waals surface area contributed by atoms with Gasteiger partial charge in [-0.3, -0.25) is 10.1 Å². The van der Waals surface area contributed by atoms with Crippen LogP contribution in [-0.4, -0.2) is 29.5 Å². The molecule has 0 fully saturated rings. The van der Waals surface area contributed by atoms with Crippen LogP contribution in [0.2, 0.25) is 0 Å². The summed E-state index contributed by atoms with van der Waals surface area (Å²) in [6.45, 7) is 1.52. The molecule has 1 atom stereocenters. The largest absolute Gasteiger partial charge is 0.288 e. The number of alkyl halides is 1. The SMILES string of the molecule is CC(CCCl)S(=O)(=O)c1ncc([N+](=O)[O-])cc1Br. The van der Waals surface area contributed by atoms with Gasteiger partial charge in [0.1, 0.15) is 6.20 Å².